The summed E-state index contributed by atoms with van der Waals surface area (Å²) in [5.74, 6) is 1.47. The van der Waals surface area contributed by atoms with Crippen molar-refractivity contribution in [1.82, 2.24) is 9.80 Å². The van der Waals surface area contributed by atoms with Crippen molar-refractivity contribution in [2.45, 2.75) is 32.9 Å². The summed E-state index contributed by atoms with van der Waals surface area (Å²) >= 11 is 7.59. The predicted molar refractivity (Wildman–Crippen MR) is 132 cm³/mol. The van der Waals surface area contributed by atoms with Gasteiger partial charge in [-0.1, -0.05) is 49.7 Å². The van der Waals surface area contributed by atoms with Crippen molar-refractivity contribution in [3.63, 3.8) is 0 Å². The first-order valence-corrected chi connectivity index (χ1v) is 12.3. The molecular weight excluding hydrogens is 440 g/mol. The first-order valence-electron chi connectivity index (χ1n) is 11.0. The maximum absolute atomic E-state index is 13.0. The largest absolute Gasteiger partial charge is 0.489 e. The Hall–Kier alpha value is -2.34. The molecular formula is C26H29ClN2O2S. The fraction of sp³-hybridized carbons (Fsp3) is 0.346. The van der Waals surface area contributed by atoms with Crippen molar-refractivity contribution in [3.8, 4) is 5.75 Å². The molecule has 2 heterocycles. The SMILES string of the molecule is CC(C)c1ccc(OCc2csc(C(=O)N3CCN(Cc4cccc(Cl)c4)CC3)c2)cc1. The summed E-state index contributed by atoms with van der Waals surface area (Å²) in [7, 11) is 0. The van der Waals surface area contributed by atoms with Crippen LogP contribution in [0.1, 0.15) is 46.1 Å². The van der Waals surface area contributed by atoms with Crippen molar-refractivity contribution < 1.29 is 9.53 Å². The number of piperazine rings is 1. The lowest BCUT2D eigenvalue weighted by Crippen LogP contribution is -2.48. The van der Waals surface area contributed by atoms with Crippen molar-refractivity contribution in [2.24, 2.45) is 0 Å². The molecule has 32 heavy (non-hydrogen) atoms. The molecule has 1 aliphatic rings. The molecule has 3 aromatic rings. The number of hydrogen-bond acceptors (Lipinski definition) is 4. The number of amides is 1. The maximum atomic E-state index is 13.0. The Kier molecular flexibility index (Phi) is 7.51. The number of halogens is 1. The van der Waals surface area contributed by atoms with Crippen LogP contribution in [0.3, 0.4) is 0 Å². The standard InChI is InChI=1S/C26H29ClN2O2S/c1-19(2)22-6-8-24(9-7-22)31-17-21-15-25(32-18-21)26(30)29-12-10-28(11-13-29)16-20-4-3-5-23(27)14-20/h3-9,14-15,18-19H,10-13,16-17H2,1-2H3. The Bertz CT molecular complexity index is 1040. The lowest BCUT2D eigenvalue weighted by molar-refractivity contribution is 0.0633. The van der Waals surface area contributed by atoms with Crippen LogP contribution in [0.25, 0.3) is 0 Å². The van der Waals surface area contributed by atoms with E-state index in [1.807, 2.05) is 46.7 Å². The van der Waals surface area contributed by atoms with E-state index in [2.05, 4.69) is 36.9 Å². The molecule has 4 rings (SSSR count). The van der Waals surface area contributed by atoms with Gasteiger partial charge in [0.15, 0.2) is 0 Å². The van der Waals surface area contributed by atoms with Gasteiger partial charge in [-0.15, -0.1) is 11.3 Å². The van der Waals surface area contributed by atoms with E-state index in [0.29, 0.717) is 12.5 Å². The van der Waals surface area contributed by atoms with Crippen LogP contribution in [0.2, 0.25) is 5.02 Å². The van der Waals surface area contributed by atoms with Gasteiger partial charge in [0, 0.05) is 43.3 Å². The van der Waals surface area contributed by atoms with E-state index in [9.17, 15) is 4.79 Å². The molecule has 6 heteroatoms. The number of nitrogens with zero attached hydrogens (tertiary/aromatic N) is 2. The van der Waals surface area contributed by atoms with Crippen molar-refractivity contribution in [3.05, 3.63) is 86.6 Å². The van der Waals surface area contributed by atoms with Crippen LogP contribution in [0.5, 0.6) is 5.75 Å². The molecule has 0 aliphatic carbocycles. The number of benzene rings is 2. The number of carbonyl (C=O) groups is 1. The van der Waals surface area contributed by atoms with Crippen LogP contribution in [0.4, 0.5) is 0 Å². The van der Waals surface area contributed by atoms with E-state index in [1.165, 1.54) is 22.5 Å². The molecule has 0 N–H and O–H groups in total. The number of ether oxygens (including phenoxy) is 1. The van der Waals surface area contributed by atoms with Crippen LogP contribution in [0.15, 0.2) is 60.0 Å². The molecule has 0 saturated carbocycles. The number of carbonyl (C=O) groups excluding carboxylic acids is 1. The molecule has 1 saturated heterocycles. The van der Waals surface area contributed by atoms with Crippen LogP contribution < -0.4 is 4.74 Å². The fourth-order valence-electron chi connectivity index (χ4n) is 3.84. The molecule has 1 amide bonds. The highest BCUT2D eigenvalue weighted by Gasteiger charge is 2.23. The van der Waals surface area contributed by atoms with Gasteiger partial charge in [-0.3, -0.25) is 9.69 Å². The molecule has 4 nitrogen and oxygen atoms in total. The van der Waals surface area contributed by atoms with Gasteiger partial charge in [0.1, 0.15) is 12.4 Å². The molecule has 1 aromatic heterocycles. The van der Waals surface area contributed by atoms with Gasteiger partial charge in [-0.25, -0.2) is 0 Å². The second-order valence-corrected chi connectivity index (χ2v) is 9.88. The fourth-order valence-corrected chi connectivity index (χ4v) is 4.91. The monoisotopic (exact) mass is 468 g/mol. The highest BCUT2D eigenvalue weighted by Crippen LogP contribution is 2.22. The molecule has 0 atom stereocenters. The van der Waals surface area contributed by atoms with Gasteiger partial charge >= 0.3 is 0 Å². The van der Waals surface area contributed by atoms with Crippen LogP contribution >= 0.6 is 22.9 Å². The Balaban J connectivity index is 1.26. The van der Waals surface area contributed by atoms with Crippen molar-refractivity contribution >= 4 is 28.8 Å². The summed E-state index contributed by atoms with van der Waals surface area (Å²) in [4.78, 5) is 18.1. The first-order chi connectivity index (χ1) is 15.5. The van der Waals surface area contributed by atoms with Crippen LogP contribution in [0, 0.1) is 0 Å². The highest BCUT2D eigenvalue weighted by molar-refractivity contribution is 7.12. The highest BCUT2D eigenvalue weighted by atomic mass is 35.5. The van der Waals surface area contributed by atoms with Gasteiger partial charge in [-0.05, 0) is 52.8 Å². The van der Waals surface area contributed by atoms with Gasteiger partial charge in [-0.2, -0.15) is 0 Å². The zero-order valence-electron chi connectivity index (χ0n) is 18.6. The molecule has 1 aliphatic heterocycles. The summed E-state index contributed by atoms with van der Waals surface area (Å²) in [5, 5.41) is 2.78. The molecule has 1 fully saturated rings. The average molecular weight is 469 g/mol. The van der Waals surface area contributed by atoms with E-state index < -0.39 is 0 Å². The molecule has 2 aromatic carbocycles. The lowest BCUT2D eigenvalue weighted by Gasteiger charge is -2.34. The Morgan fingerprint density at radius 1 is 1.03 bits per heavy atom. The predicted octanol–water partition coefficient (Wildman–Crippen LogP) is 6.06. The number of thiophene rings is 1. The summed E-state index contributed by atoms with van der Waals surface area (Å²) in [5.41, 5.74) is 3.54. The second-order valence-electron chi connectivity index (χ2n) is 8.53. The second kappa shape index (κ2) is 10.5. The van der Waals surface area contributed by atoms with Gasteiger partial charge in [0.25, 0.3) is 5.91 Å². The normalized spacial score (nSPS) is 14.7. The minimum atomic E-state index is 0.116. The molecule has 0 unspecified atom stereocenters. The Morgan fingerprint density at radius 2 is 1.78 bits per heavy atom. The van der Waals surface area contributed by atoms with Gasteiger partial charge in [0.05, 0.1) is 4.88 Å². The smallest absolute Gasteiger partial charge is 0.264 e. The lowest BCUT2D eigenvalue weighted by atomic mass is 10.0. The third-order valence-corrected chi connectivity index (χ3v) is 6.97. The first kappa shape index (κ1) is 22.8. The third kappa shape index (κ3) is 5.91. The maximum Gasteiger partial charge on any atom is 0.264 e. The minimum Gasteiger partial charge on any atom is -0.489 e. The minimum absolute atomic E-state index is 0.116. The molecule has 0 bridgehead atoms. The third-order valence-electron chi connectivity index (χ3n) is 5.77. The quantitative estimate of drug-likeness (QED) is 0.422. The van der Waals surface area contributed by atoms with Crippen LogP contribution in [-0.2, 0) is 13.2 Å². The topological polar surface area (TPSA) is 32.8 Å². The summed E-state index contributed by atoms with van der Waals surface area (Å²) in [6.45, 7) is 8.91. The average Bonchev–Trinajstić information content (AvgIpc) is 3.27. The van der Waals surface area contributed by atoms with E-state index in [1.54, 1.807) is 0 Å². The summed E-state index contributed by atoms with van der Waals surface area (Å²) < 4.78 is 5.91. The van der Waals surface area contributed by atoms with E-state index in [-0.39, 0.29) is 5.91 Å². The number of rotatable bonds is 7. The van der Waals surface area contributed by atoms with Gasteiger partial charge < -0.3 is 9.64 Å². The molecule has 0 radical (unpaired) electrons. The van der Waals surface area contributed by atoms with Crippen molar-refractivity contribution in [2.75, 3.05) is 26.2 Å². The molecule has 168 valence electrons. The van der Waals surface area contributed by atoms with Crippen molar-refractivity contribution in [1.29, 1.82) is 0 Å². The summed E-state index contributed by atoms with van der Waals surface area (Å²) in [6, 6.07) is 18.2. The van der Waals surface area contributed by atoms with Gasteiger partial charge in [0.2, 0.25) is 0 Å². The van der Waals surface area contributed by atoms with E-state index in [0.717, 1.165) is 53.9 Å². The van der Waals surface area contributed by atoms with E-state index in [4.69, 9.17) is 16.3 Å². The zero-order chi connectivity index (χ0) is 22.5. The summed E-state index contributed by atoms with van der Waals surface area (Å²) in [6.07, 6.45) is 0. The Morgan fingerprint density at radius 3 is 2.47 bits per heavy atom. The molecule has 0 spiro atoms. The number of hydrogen-bond donors (Lipinski definition) is 0. The van der Waals surface area contributed by atoms with Crippen LogP contribution in [-0.4, -0.2) is 41.9 Å². The zero-order valence-corrected chi connectivity index (χ0v) is 20.2. The van der Waals surface area contributed by atoms with E-state index >= 15 is 0 Å². The Labute approximate surface area is 199 Å².